The van der Waals surface area contributed by atoms with Crippen molar-refractivity contribution in [2.24, 2.45) is 0 Å². The van der Waals surface area contributed by atoms with Crippen LogP contribution in [0, 0.1) is 6.92 Å². The maximum absolute atomic E-state index is 3.73. The lowest BCUT2D eigenvalue weighted by atomic mass is 9.93. The SMILES string of the molecule is Cc1cc2ccc3cccc4ccc(c1Br)c2c34. The summed E-state index contributed by atoms with van der Waals surface area (Å²) in [7, 11) is 0. The number of halogens is 1. The minimum atomic E-state index is 1.22. The highest BCUT2D eigenvalue weighted by Crippen LogP contribution is 2.38. The summed E-state index contributed by atoms with van der Waals surface area (Å²) in [6, 6.07) is 17.7. The Labute approximate surface area is 114 Å². The lowest BCUT2D eigenvalue weighted by Crippen LogP contribution is -1.86. The molecular formula is C17H11Br. The molecule has 4 rings (SSSR count). The summed E-state index contributed by atoms with van der Waals surface area (Å²) in [5.41, 5.74) is 1.29. The average Bonchev–Trinajstić information content (AvgIpc) is 2.40. The molecule has 0 N–H and O–H groups in total. The van der Waals surface area contributed by atoms with Gasteiger partial charge in [-0.05, 0) is 60.7 Å². The van der Waals surface area contributed by atoms with Gasteiger partial charge in [0.05, 0.1) is 0 Å². The molecule has 0 bridgehead atoms. The number of hydrogen-bond acceptors (Lipinski definition) is 0. The highest BCUT2D eigenvalue weighted by atomic mass is 79.9. The molecule has 86 valence electrons. The molecule has 0 atom stereocenters. The average molecular weight is 295 g/mol. The second kappa shape index (κ2) is 3.46. The Kier molecular flexibility index (Phi) is 1.98. The summed E-state index contributed by atoms with van der Waals surface area (Å²) in [4.78, 5) is 0. The van der Waals surface area contributed by atoms with Gasteiger partial charge < -0.3 is 0 Å². The van der Waals surface area contributed by atoms with Crippen LogP contribution in [0.15, 0.2) is 53.0 Å². The maximum Gasteiger partial charge on any atom is 0.0283 e. The third kappa shape index (κ3) is 1.20. The summed E-state index contributed by atoms with van der Waals surface area (Å²) in [6.07, 6.45) is 0. The largest absolute Gasteiger partial charge is 0.0610 e. The zero-order chi connectivity index (χ0) is 12.3. The van der Waals surface area contributed by atoms with E-state index < -0.39 is 0 Å². The van der Waals surface area contributed by atoms with Gasteiger partial charge in [-0.15, -0.1) is 0 Å². The maximum atomic E-state index is 3.73. The summed E-state index contributed by atoms with van der Waals surface area (Å²) < 4.78 is 1.22. The first kappa shape index (κ1) is 10.3. The number of aryl methyl sites for hydroxylation is 1. The fraction of sp³-hybridized carbons (Fsp3) is 0.0588. The first-order chi connectivity index (χ1) is 8.75. The number of rotatable bonds is 0. The van der Waals surface area contributed by atoms with Crippen LogP contribution in [0.3, 0.4) is 0 Å². The Balaban J connectivity index is 2.46. The standard InChI is InChI=1S/C17H11Br/c1-10-9-13-6-5-11-3-2-4-12-7-8-14(17(10)18)16(13)15(11)12/h2-9H,1H3. The second-order valence-corrected chi connectivity index (χ2v) is 5.66. The molecule has 0 spiro atoms. The van der Waals surface area contributed by atoms with Crippen molar-refractivity contribution in [3.8, 4) is 0 Å². The fourth-order valence-electron chi connectivity index (χ4n) is 2.92. The Bertz CT molecular complexity index is 874. The molecule has 0 aromatic heterocycles. The summed E-state index contributed by atoms with van der Waals surface area (Å²) in [6.45, 7) is 2.15. The van der Waals surface area contributed by atoms with E-state index >= 15 is 0 Å². The molecule has 1 heteroatoms. The Hall–Kier alpha value is -1.60. The molecule has 0 saturated heterocycles. The molecule has 0 fully saturated rings. The number of hydrogen-bond donors (Lipinski definition) is 0. The first-order valence-electron chi connectivity index (χ1n) is 6.08. The van der Waals surface area contributed by atoms with Gasteiger partial charge >= 0.3 is 0 Å². The van der Waals surface area contributed by atoms with Crippen LogP contribution < -0.4 is 0 Å². The molecule has 4 aromatic carbocycles. The predicted molar refractivity (Wildman–Crippen MR) is 82.6 cm³/mol. The molecular weight excluding hydrogens is 284 g/mol. The van der Waals surface area contributed by atoms with Crippen molar-refractivity contribution in [3.63, 3.8) is 0 Å². The van der Waals surface area contributed by atoms with Gasteiger partial charge in [0.1, 0.15) is 0 Å². The monoisotopic (exact) mass is 294 g/mol. The lowest BCUT2D eigenvalue weighted by Gasteiger charge is -2.13. The quantitative estimate of drug-likeness (QED) is 0.367. The van der Waals surface area contributed by atoms with Gasteiger partial charge in [-0.25, -0.2) is 0 Å². The van der Waals surface area contributed by atoms with Gasteiger partial charge in [0.25, 0.3) is 0 Å². The van der Waals surface area contributed by atoms with E-state index in [4.69, 9.17) is 0 Å². The van der Waals surface area contributed by atoms with Crippen LogP contribution in [0.1, 0.15) is 5.56 Å². The highest BCUT2D eigenvalue weighted by molar-refractivity contribution is 9.10. The molecule has 0 aliphatic carbocycles. The van der Waals surface area contributed by atoms with E-state index in [9.17, 15) is 0 Å². The van der Waals surface area contributed by atoms with Crippen molar-refractivity contribution in [2.45, 2.75) is 6.92 Å². The molecule has 4 aromatic rings. The minimum Gasteiger partial charge on any atom is -0.0610 e. The van der Waals surface area contributed by atoms with E-state index in [2.05, 4.69) is 71.4 Å². The molecule has 0 saturated carbocycles. The van der Waals surface area contributed by atoms with Gasteiger partial charge in [-0.2, -0.15) is 0 Å². The van der Waals surface area contributed by atoms with Crippen LogP contribution in [0.4, 0.5) is 0 Å². The van der Waals surface area contributed by atoms with Gasteiger partial charge in [-0.1, -0.05) is 48.5 Å². The van der Waals surface area contributed by atoms with Crippen molar-refractivity contribution >= 4 is 48.2 Å². The van der Waals surface area contributed by atoms with Crippen molar-refractivity contribution in [3.05, 3.63) is 58.6 Å². The first-order valence-corrected chi connectivity index (χ1v) is 6.87. The molecule has 18 heavy (non-hydrogen) atoms. The number of benzene rings is 4. The van der Waals surface area contributed by atoms with E-state index in [-0.39, 0.29) is 0 Å². The second-order valence-electron chi connectivity index (χ2n) is 4.86. The van der Waals surface area contributed by atoms with Gasteiger partial charge in [0.15, 0.2) is 0 Å². The van der Waals surface area contributed by atoms with Crippen LogP contribution in [-0.4, -0.2) is 0 Å². The van der Waals surface area contributed by atoms with E-state index in [1.807, 2.05) is 0 Å². The Morgan fingerprint density at radius 3 is 2.22 bits per heavy atom. The zero-order valence-electron chi connectivity index (χ0n) is 10.00. The topological polar surface area (TPSA) is 0 Å². The van der Waals surface area contributed by atoms with E-state index in [0.29, 0.717) is 0 Å². The summed E-state index contributed by atoms with van der Waals surface area (Å²) in [5, 5.41) is 8.04. The van der Waals surface area contributed by atoms with Crippen LogP contribution >= 0.6 is 15.9 Å². The molecule has 0 aliphatic heterocycles. The molecule has 0 nitrogen and oxygen atoms in total. The van der Waals surface area contributed by atoms with Crippen molar-refractivity contribution in [1.29, 1.82) is 0 Å². The Morgan fingerprint density at radius 2 is 1.44 bits per heavy atom. The van der Waals surface area contributed by atoms with Crippen molar-refractivity contribution < 1.29 is 0 Å². The van der Waals surface area contributed by atoms with Crippen LogP contribution in [-0.2, 0) is 0 Å². The highest BCUT2D eigenvalue weighted by Gasteiger charge is 2.10. The zero-order valence-corrected chi connectivity index (χ0v) is 11.6. The minimum absolute atomic E-state index is 1.22. The smallest absolute Gasteiger partial charge is 0.0283 e. The molecule has 0 aliphatic rings. The predicted octanol–water partition coefficient (Wildman–Crippen LogP) is 5.65. The van der Waals surface area contributed by atoms with Crippen molar-refractivity contribution in [1.82, 2.24) is 0 Å². The van der Waals surface area contributed by atoms with E-state index in [1.54, 1.807) is 0 Å². The van der Waals surface area contributed by atoms with E-state index in [1.165, 1.54) is 42.4 Å². The molecule has 0 radical (unpaired) electrons. The summed E-state index contributed by atoms with van der Waals surface area (Å²) >= 11 is 3.73. The van der Waals surface area contributed by atoms with Crippen LogP contribution in [0.2, 0.25) is 0 Å². The van der Waals surface area contributed by atoms with Crippen molar-refractivity contribution in [2.75, 3.05) is 0 Å². The van der Waals surface area contributed by atoms with Gasteiger partial charge in [0, 0.05) is 4.47 Å². The molecule has 0 heterocycles. The van der Waals surface area contributed by atoms with Gasteiger partial charge in [-0.3, -0.25) is 0 Å². The third-order valence-electron chi connectivity index (χ3n) is 3.76. The van der Waals surface area contributed by atoms with E-state index in [0.717, 1.165) is 0 Å². The Morgan fingerprint density at radius 1 is 0.778 bits per heavy atom. The van der Waals surface area contributed by atoms with Crippen LogP contribution in [0.25, 0.3) is 32.3 Å². The molecule has 0 unspecified atom stereocenters. The fourth-order valence-corrected chi connectivity index (χ4v) is 3.37. The lowest BCUT2D eigenvalue weighted by molar-refractivity contribution is 1.49. The van der Waals surface area contributed by atoms with Crippen LogP contribution in [0.5, 0.6) is 0 Å². The normalized spacial score (nSPS) is 11.9. The molecule has 0 amide bonds. The summed E-state index contributed by atoms with van der Waals surface area (Å²) in [5.74, 6) is 0. The third-order valence-corrected chi connectivity index (χ3v) is 4.82. The van der Waals surface area contributed by atoms with Gasteiger partial charge in [0.2, 0.25) is 0 Å².